The molecule has 0 bridgehead atoms. The van der Waals surface area contributed by atoms with Gasteiger partial charge in [0.25, 0.3) is 0 Å². The molecule has 5 heteroatoms. The Labute approximate surface area is 144 Å². The molecule has 1 amide bonds. The predicted molar refractivity (Wildman–Crippen MR) is 95.4 cm³/mol. The van der Waals surface area contributed by atoms with Crippen LogP contribution in [0, 0.1) is 0 Å². The van der Waals surface area contributed by atoms with Gasteiger partial charge in [-0.3, -0.25) is 9.59 Å². The summed E-state index contributed by atoms with van der Waals surface area (Å²) in [6.07, 6.45) is 5.17. The number of halogens is 1. The molecule has 23 heavy (non-hydrogen) atoms. The monoisotopic (exact) mass is 338 g/mol. The third-order valence-electron chi connectivity index (χ3n) is 4.35. The van der Waals surface area contributed by atoms with Crippen LogP contribution in [0.4, 0.5) is 0 Å². The number of hydrogen-bond donors (Lipinski definition) is 2. The number of ketones is 1. The van der Waals surface area contributed by atoms with Gasteiger partial charge in [0, 0.05) is 31.0 Å². The highest BCUT2D eigenvalue weighted by Gasteiger charge is 2.14. The molecule has 1 aromatic carbocycles. The van der Waals surface area contributed by atoms with E-state index in [2.05, 4.69) is 16.7 Å². The molecule has 0 heterocycles. The quantitative estimate of drug-likeness (QED) is 0.751. The Balaban J connectivity index is 0.00000264. The first-order chi connectivity index (χ1) is 10.6. The molecule has 1 aromatic rings. The van der Waals surface area contributed by atoms with Gasteiger partial charge < -0.3 is 10.6 Å². The summed E-state index contributed by atoms with van der Waals surface area (Å²) in [6.45, 7) is 2.58. The van der Waals surface area contributed by atoms with Crippen LogP contribution in [0.2, 0.25) is 0 Å². The van der Waals surface area contributed by atoms with Crippen LogP contribution in [0.5, 0.6) is 0 Å². The summed E-state index contributed by atoms with van der Waals surface area (Å²) in [5.41, 5.74) is 3.43. The van der Waals surface area contributed by atoms with E-state index >= 15 is 0 Å². The van der Waals surface area contributed by atoms with Gasteiger partial charge in [0.1, 0.15) is 0 Å². The van der Waals surface area contributed by atoms with Crippen LogP contribution in [-0.4, -0.2) is 31.3 Å². The van der Waals surface area contributed by atoms with Gasteiger partial charge >= 0.3 is 0 Å². The lowest BCUT2D eigenvalue weighted by molar-refractivity contribution is -0.121. The third-order valence-corrected chi connectivity index (χ3v) is 4.35. The van der Waals surface area contributed by atoms with Crippen molar-refractivity contribution in [2.45, 2.75) is 51.5 Å². The van der Waals surface area contributed by atoms with E-state index < -0.39 is 0 Å². The molecule has 1 atom stereocenters. The first-order valence-corrected chi connectivity index (χ1v) is 8.19. The lowest BCUT2D eigenvalue weighted by Crippen LogP contribution is -2.37. The zero-order valence-electron chi connectivity index (χ0n) is 14.0. The maximum atomic E-state index is 12.2. The smallest absolute Gasteiger partial charge is 0.220 e. The molecular formula is C18H27ClN2O2. The van der Waals surface area contributed by atoms with Crippen LogP contribution in [0.3, 0.4) is 0 Å². The highest BCUT2D eigenvalue weighted by atomic mass is 35.5. The largest absolute Gasteiger partial charge is 0.355 e. The zero-order valence-corrected chi connectivity index (χ0v) is 14.8. The average molecular weight is 339 g/mol. The Bertz CT molecular complexity index is 546. The minimum atomic E-state index is -0.0617. The average Bonchev–Trinajstić information content (AvgIpc) is 2.56. The lowest BCUT2D eigenvalue weighted by atomic mass is 9.89. The van der Waals surface area contributed by atoms with Crippen LogP contribution < -0.4 is 10.6 Å². The van der Waals surface area contributed by atoms with Crippen LogP contribution in [-0.2, 0) is 17.6 Å². The molecular weight excluding hydrogens is 312 g/mol. The van der Waals surface area contributed by atoms with Gasteiger partial charge in [0.2, 0.25) is 5.91 Å². The fourth-order valence-electron chi connectivity index (χ4n) is 2.74. The van der Waals surface area contributed by atoms with Crippen LogP contribution >= 0.6 is 12.4 Å². The van der Waals surface area contributed by atoms with Crippen molar-refractivity contribution >= 4 is 24.1 Å². The molecule has 0 saturated heterocycles. The Kier molecular flexibility index (Phi) is 8.28. The second-order valence-corrected chi connectivity index (χ2v) is 6.11. The van der Waals surface area contributed by atoms with Gasteiger partial charge in [-0.2, -0.15) is 0 Å². The zero-order chi connectivity index (χ0) is 15.9. The number of amides is 1. The van der Waals surface area contributed by atoms with E-state index in [0.29, 0.717) is 6.54 Å². The maximum Gasteiger partial charge on any atom is 0.220 e. The Morgan fingerprint density at radius 3 is 2.52 bits per heavy atom. The molecule has 1 unspecified atom stereocenters. The summed E-state index contributed by atoms with van der Waals surface area (Å²) in [4.78, 5) is 24.0. The number of Topliss-reactive ketones (excluding diaryl/α,β-unsaturated/α-hetero) is 1. The number of aryl methyl sites for hydroxylation is 2. The van der Waals surface area contributed by atoms with Gasteiger partial charge in [0.15, 0.2) is 5.78 Å². The molecule has 0 radical (unpaired) electrons. The summed E-state index contributed by atoms with van der Waals surface area (Å²) in [5, 5.41) is 5.89. The van der Waals surface area contributed by atoms with Gasteiger partial charge in [-0.1, -0.05) is 12.1 Å². The Morgan fingerprint density at radius 1 is 1.13 bits per heavy atom. The fourth-order valence-corrected chi connectivity index (χ4v) is 2.74. The van der Waals surface area contributed by atoms with Crippen molar-refractivity contribution in [3.63, 3.8) is 0 Å². The summed E-state index contributed by atoms with van der Waals surface area (Å²) < 4.78 is 0. The van der Waals surface area contributed by atoms with Gasteiger partial charge in [0.05, 0.1) is 0 Å². The van der Waals surface area contributed by atoms with E-state index in [1.807, 2.05) is 26.1 Å². The van der Waals surface area contributed by atoms with Crippen molar-refractivity contribution < 1.29 is 9.59 Å². The number of fused-ring (bicyclic) bond motifs is 1. The second kappa shape index (κ2) is 9.68. The van der Waals surface area contributed by atoms with Crippen molar-refractivity contribution in [1.29, 1.82) is 0 Å². The number of hydrogen-bond acceptors (Lipinski definition) is 3. The van der Waals surface area contributed by atoms with E-state index in [4.69, 9.17) is 0 Å². The fraction of sp³-hybridized carbons (Fsp3) is 0.556. The second-order valence-electron chi connectivity index (χ2n) is 6.11. The molecule has 0 fully saturated rings. The molecule has 0 spiro atoms. The van der Waals surface area contributed by atoms with E-state index in [-0.39, 0.29) is 43.0 Å². The summed E-state index contributed by atoms with van der Waals surface area (Å²) in [5.74, 6) is -0.00130. The van der Waals surface area contributed by atoms with Crippen molar-refractivity contribution in [1.82, 2.24) is 10.6 Å². The van der Waals surface area contributed by atoms with Crippen LogP contribution in [0.1, 0.15) is 54.1 Å². The molecule has 2 N–H and O–H groups in total. The summed E-state index contributed by atoms with van der Waals surface area (Å²) in [6, 6.07) is 6.25. The molecule has 128 valence electrons. The van der Waals surface area contributed by atoms with Crippen molar-refractivity contribution in [2.24, 2.45) is 0 Å². The minimum absolute atomic E-state index is 0. The standard InChI is InChI=1S/C18H26N2O2.ClH/c1-13(19-2)12-20-18(22)10-9-17(21)16-8-7-14-5-3-4-6-15(14)11-16;/h7-8,11,13,19H,3-6,9-10,12H2,1-2H3,(H,20,22);1H. The molecule has 2 rings (SSSR count). The van der Waals surface area contributed by atoms with E-state index in [9.17, 15) is 9.59 Å². The summed E-state index contributed by atoms with van der Waals surface area (Å²) in [7, 11) is 1.86. The lowest BCUT2D eigenvalue weighted by Gasteiger charge is -2.16. The molecule has 0 saturated carbocycles. The Hall–Kier alpha value is -1.39. The molecule has 1 aliphatic rings. The van der Waals surface area contributed by atoms with E-state index in [0.717, 1.165) is 18.4 Å². The number of rotatable bonds is 7. The predicted octanol–water partition coefficient (Wildman–Crippen LogP) is 2.67. The van der Waals surface area contributed by atoms with Gasteiger partial charge in [-0.25, -0.2) is 0 Å². The number of likely N-dealkylation sites (N-methyl/N-ethyl adjacent to an activating group) is 1. The van der Waals surface area contributed by atoms with Crippen LogP contribution in [0.15, 0.2) is 18.2 Å². The van der Waals surface area contributed by atoms with E-state index in [1.54, 1.807) is 0 Å². The number of carbonyl (C=O) groups excluding carboxylic acids is 2. The first kappa shape index (κ1) is 19.7. The van der Waals surface area contributed by atoms with Gasteiger partial charge in [-0.05, 0) is 56.8 Å². The van der Waals surface area contributed by atoms with Crippen molar-refractivity contribution in [3.05, 3.63) is 34.9 Å². The molecule has 0 aromatic heterocycles. The minimum Gasteiger partial charge on any atom is -0.355 e. The third kappa shape index (κ3) is 5.96. The summed E-state index contributed by atoms with van der Waals surface area (Å²) >= 11 is 0. The Morgan fingerprint density at radius 2 is 1.83 bits per heavy atom. The number of benzene rings is 1. The highest BCUT2D eigenvalue weighted by molar-refractivity contribution is 5.98. The SMILES string of the molecule is CNC(C)CNC(=O)CCC(=O)c1ccc2c(c1)CCCC2.Cl. The first-order valence-electron chi connectivity index (χ1n) is 8.19. The number of nitrogens with one attached hydrogen (secondary N) is 2. The molecule has 0 aliphatic heterocycles. The van der Waals surface area contributed by atoms with Gasteiger partial charge in [-0.15, -0.1) is 12.4 Å². The topological polar surface area (TPSA) is 58.2 Å². The highest BCUT2D eigenvalue weighted by Crippen LogP contribution is 2.22. The van der Waals surface area contributed by atoms with Crippen molar-refractivity contribution in [3.8, 4) is 0 Å². The normalized spacial score (nSPS) is 14.3. The van der Waals surface area contributed by atoms with Crippen LogP contribution in [0.25, 0.3) is 0 Å². The van der Waals surface area contributed by atoms with E-state index in [1.165, 1.54) is 24.0 Å². The number of carbonyl (C=O) groups is 2. The molecule has 1 aliphatic carbocycles. The maximum absolute atomic E-state index is 12.2. The molecule has 4 nitrogen and oxygen atoms in total. The van der Waals surface area contributed by atoms with Crippen molar-refractivity contribution in [2.75, 3.05) is 13.6 Å².